The van der Waals surface area contributed by atoms with Crippen LogP contribution in [-0.2, 0) is 21.8 Å². The quantitative estimate of drug-likeness (QED) is 0.535. The van der Waals surface area contributed by atoms with Crippen LogP contribution in [0.25, 0.3) is 11.4 Å². The summed E-state index contributed by atoms with van der Waals surface area (Å²) in [5, 5.41) is -0.338. The molecular weight excluding hydrogens is 438 g/mol. The van der Waals surface area contributed by atoms with E-state index >= 15 is 0 Å². The topological polar surface area (TPSA) is 72.8 Å². The smallest absolute Gasteiger partial charge is 0.252 e. The van der Waals surface area contributed by atoms with Gasteiger partial charge < -0.3 is 0 Å². The summed E-state index contributed by atoms with van der Waals surface area (Å²) >= 11 is 11.7. The average molecular weight is 448 g/mol. The largest absolute Gasteiger partial charge is 0.417 e. The lowest BCUT2D eigenvalue weighted by atomic mass is 10.2. The van der Waals surface area contributed by atoms with Gasteiger partial charge in [0.1, 0.15) is 5.69 Å². The number of rotatable bonds is 4. The van der Waals surface area contributed by atoms with E-state index in [1.807, 2.05) is 0 Å². The van der Waals surface area contributed by atoms with E-state index in [-0.39, 0.29) is 22.2 Å². The molecule has 0 saturated heterocycles. The van der Waals surface area contributed by atoms with Crippen molar-refractivity contribution >= 4 is 33.0 Å². The van der Waals surface area contributed by atoms with Crippen LogP contribution in [0.5, 0.6) is 0 Å². The molecule has 146 valence electrons. The van der Waals surface area contributed by atoms with Gasteiger partial charge in [-0.05, 0) is 29.8 Å². The highest BCUT2D eigenvalue weighted by Gasteiger charge is 2.32. The predicted molar refractivity (Wildman–Crippen MR) is 97.6 cm³/mol. The maximum atomic E-state index is 12.7. The number of halogens is 5. The van der Waals surface area contributed by atoms with Gasteiger partial charge in [0.25, 0.3) is 0 Å². The lowest BCUT2D eigenvalue weighted by Crippen LogP contribution is -2.10. The summed E-state index contributed by atoms with van der Waals surface area (Å²) in [6.45, 7) is 0. The molecule has 0 bridgehead atoms. The molecule has 0 saturated carbocycles. The summed E-state index contributed by atoms with van der Waals surface area (Å²) < 4.78 is 63.4. The van der Waals surface area contributed by atoms with Crippen molar-refractivity contribution in [3.63, 3.8) is 0 Å². The van der Waals surface area contributed by atoms with Gasteiger partial charge in [0.15, 0.2) is 0 Å². The molecular formula is C17H10Cl2F3N3O2S. The van der Waals surface area contributed by atoms with Crippen LogP contribution in [0.15, 0.2) is 53.9 Å². The Morgan fingerprint density at radius 1 is 1.00 bits per heavy atom. The highest BCUT2D eigenvalue weighted by atomic mass is 35.5. The third kappa shape index (κ3) is 4.60. The van der Waals surface area contributed by atoms with Crippen molar-refractivity contribution in [2.75, 3.05) is 0 Å². The van der Waals surface area contributed by atoms with Crippen LogP contribution in [0, 0.1) is 0 Å². The molecule has 0 spiro atoms. The van der Waals surface area contributed by atoms with Crippen molar-refractivity contribution in [1.82, 2.24) is 15.0 Å². The average Bonchev–Trinajstić information content (AvgIpc) is 2.63. The molecule has 3 aromatic rings. The molecule has 0 radical (unpaired) electrons. The number of sulfone groups is 1. The Bertz CT molecular complexity index is 1120. The van der Waals surface area contributed by atoms with Crippen LogP contribution in [0.3, 0.4) is 0 Å². The SMILES string of the molecule is O=S(=O)(Cc1ccc(Cl)cc1)c1nccc(-c2ncc(C(F)(F)F)cc2Cl)n1. The zero-order chi connectivity index (χ0) is 20.5. The molecule has 5 nitrogen and oxygen atoms in total. The number of benzene rings is 1. The van der Waals surface area contributed by atoms with Gasteiger partial charge in [0.2, 0.25) is 15.0 Å². The highest BCUT2D eigenvalue weighted by Crippen LogP contribution is 2.33. The minimum Gasteiger partial charge on any atom is -0.252 e. The first-order chi connectivity index (χ1) is 13.1. The monoisotopic (exact) mass is 447 g/mol. The van der Waals surface area contributed by atoms with E-state index in [2.05, 4.69) is 15.0 Å². The minimum atomic E-state index is -4.60. The van der Waals surface area contributed by atoms with Crippen molar-refractivity contribution in [3.8, 4) is 11.4 Å². The first-order valence-corrected chi connectivity index (χ1v) is 10.0. The Balaban J connectivity index is 1.95. The normalized spacial score (nSPS) is 12.2. The van der Waals surface area contributed by atoms with Crippen LogP contribution in [0.1, 0.15) is 11.1 Å². The van der Waals surface area contributed by atoms with Gasteiger partial charge in [-0.2, -0.15) is 13.2 Å². The Morgan fingerprint density at radius 3 is 2.29 bits per heavy atom. The minimum absolute atomic E-state index is 0.0107. The molecule has 0 atom stereocenters. The van der Waals surface area contributed by atoms with Gasteiger partial charge in [0.05, 0.1) is 22.0 Å². The van der Waals surface area contributed by atoms with Gasteiger partial charge in [0, 0.05) is 17.4 Å². The highest BCUT2D eigenvalue weighted by molar-refractivity contribution is 7.90. The molecule has 0 aliphatic heterocycles. The number of aromatic nitrogens is 3. The molecule has 11 heteroatoms. The molecule has 3 rings (SSSR count). The molecule has 2 aromatic heterocycles. The summed E-state index contributed by atoms with van der Waals surface area (Å²) in [5.74, 6) is -0.373. The van der Waals surface area contributed by atoms with E-state index in [0.717, 1.165) is 0 Å². The number of pyridine rings is 1. The zero-order valence-electron chi connectivity index (χ0n) is 13.8. The molecule has 2 heterocycles. The summed E-state index contributed by atoms with van der Waals surface area (Å²) in [4.78, 5) is 11.4. The van der Waals surface area contributed by atoms with Crippen LogP contribution >= 0.6 is 23.2 Å². The Hall–Kier alpha value is -2.23. The van der Waals surface area contributed by atoms with Crippen molar-refractivity contribution in [2.45, 2.75) is 17.1 Å². The van der Waals surface area contributed by atoms with E-state index < -0.39 is 26.7 Å². The van der Waals surface area contributed by atoms with Crippen LogP contribution < -0.4 is 0 Å². The Morgan fingerprint density at radius 2 is 1.68 bits per heavy atom. The fourth-order valence-corrected chi connectivity index (χ4v) is 3.88. The number of hydrogen-bond acceptors (Lipinski definition) is 5. The Kier molecular flexibility index (Phi) is 5.60. The second-order valence-corrected chi connectivity index (χ2v) is 8.39. The second kappa shape index (κ2) is 7.65. The maximum absolute atomic E-state index is 12.7. The van der Waals surface area contributed by atoms with Gasteiger partial charge in [-0.1, -0.05) is 35.3 Å². The third-order valence-electron chi connectivity index (χ3n) is 3.59. The van der Waals surface area contributed by atoms with Crippen molar-refractivity contribution in [2.24, 2.45) is 0 Å². The summed E-state index contributed by atoms with van der Waals surface area (Å²) in [6, 6.07) is 8.22. The Labute approximate surface area is 168 Å². The zero-order valence-corrected chi connectivity index (χ0v) is 16.1. The molecule has 28 heavy (non-hydrogen) atoms. The van der Waals surface area contributed by atoms with Crippen molar-refractivity contribution in [3.05, 3.63) is 70.0 Å². The maximum Gasteiger partial charge on any atom is 0.417 e. The number of hydrogen-bond donors (Lipinski definition) is 0. The van der Waals surface area contributed by atoms with Crippen LogP contribution in [-0.4, -0.2) is 23.4 Å². The van der Waals surface area contributed by atoms with Crippen molar-refractivity contribution in [1.29, 1.82) is 0 Å². The fraction of sp³-hybridized carbons (Fsp3) is 0.118. The molecule has 1 aromatic carbocycles. The summed E-state index contributed by atoms with van der Waals surface area (Å²) in [5.41, 5.74) is -0.640. The van der Waals surface area contributed by atoms with E-state index in [0.29, 0.717) is 22.8 Å². The molecule has 0 aliphatic rings. The van der Waals surface area contributed by atoms with Crippen molar-refractivity contribution < 1.29 is 21.6 Å². The summed E-state index contributed by atoms with van der Waals surface area (Å²) in [6.07, 6.45) is -2.83. The van der Waals surface area contributed by atoms with E-state index in [1.54, 1.807) is 24.3 Å². The predicted octanol–water partition coefficient (Wildman–Crippen LogP) is 4.84. The first-order valence-electron chi connectivity index (χ1n) is 7.59. The second-order valence-electron chi connectivity index (χ2n) is 5.66. The third-order valence-corrected chi connectivity index (χ3v) is 5.60. The molecule has 0 aliphatic carbocycles. The van der Waals surface area contributed by atoms with Gasteiger partial charge in [-0.15, -0.1) is 0 Å². The van der Waals surface area contributed by atoms with E-state index in [9.17, 15) is 21.6 Å². The molecule has 0 amide bonds. The van der Waals surface area contributed by atoms with Gasteiger partial charge in [-0.25, -0.2) is 18.4 Å². The van der Waals surface area contributed by atoms with E-state index in [1.165, 1.54) is 12.3 Å². The van der Waals surface area contributed by atoms with Gasteiger partial charge in [-0.3, -0.25) is 4.98 Å². The molecule has 0 N–H and O–H groups in total. The number of nitrogens with zero attached hydrogens (tertiary/aromatic N) is 3. The molecule has 0 unspecified atom stereocenters. The molecule has 0 fully saturated rings. The van der Waals surface area contributed by atoms with Crippen LogP contribution in [0.2, 0.25) is 10.0 Å². The lowest BCUT2D eigenvalue weighted by molar-refractivity contribution is -0.137. The van der Waals surface area contributed by atoms with Crippen LogP contribution in [0.4, 0.5) is 13.2 Å². The first kappa shape index (κ1) is 20.5. The van der Waals surface area contributed by atoms with Gasteiger partial charge >= 0.3 is 6.18 Å². The lowest BCUT2D eigenvalue weighted by Gasteiger charge is -2.09. The van der Waals surface area contributed by atoms with E-state index in [4.69, 9.17) is 23.2 Å². The standard InChI is InChI=1S/C17H10Cl2F3N3O2S/c18-12-3-1-10(2-4-12)9-28(26,27)16-23-6-5-14(25-16)15-13(19)7-11(8-24-15)17(20,21)22/h1-8H,9H2. The fourth-order valence-electron chi connectivity index (χ4n) is 2.27. The number of alkyl halides is 3. The summed E-state index contributed by atoms with van der Waals surface area (Å²) in [7, 11) is -3.92.